The number of carbonyl (C=O) groups excluding carboxylic acids is 4. The highest BCUT2D eigenvalue weighted by molar-refractivity contribution is 14.1. The molecule has 2 aromatic rings. The van der Waals surface area contributed by atoms with Crippen molar-refractivity contribution in [1.82, 2.24) is 0 Å². The Hall–Kier alpha value is -2.56. The monoisotopic (exact) mass is 689 g/mol. The van der Waals surface area contributed by atoms with E-state index < -0.39 is 23.7 Å². The minimum Gasteiger partial charge on any atom is -0.508 e. The van der Waals surface area contributed by atoms with Crippen LogP contribution in [0.25, 0.3) is 0 Å². The molecule has 4 atom stereocenters. The van der Waals surface area contributed by atoms with Crippen molar-refractivity contribution in [3.05, 3.63) is 90.0 Å². The molecule has 9 heteroatoms. The van der Waals surface area contributed by atoms with Gasteiger partial charge < -0.3 is 5.11 Å². The molecular weight excluding hydrogens is 673 g/mol. The van der Waals surface area contributed by atoms with Crippen molar-refractivity contribution in [2.24, 2.45) is 17.8 Å². The number of amides is 2. The zero-order chi connectivity index (χ0) is 26.2. The lowest BCUT2D eigenvalue weighted by Crippen LogP contribution is -2.39. The fourth-order valence-corrected chi connectivity index (χ4v) is 7.25. The molecule has 1 fully saturated rings. The first-order valence-corrected chi connectivity index (χ1v) is 13.9. The maximum Gasteiger partial charge on any atom is 0.238 e. The first-order valence-electron chi connectivity index (χ1n) is 11.7. The Balaban J connectivity index is 1.50. The Morgan fingerprint density at radius 1 is 1.00 bits per heavy atom. The van der Waals surface area contributed by atoms with Gasteiger partial charge >= 0.3 is 0 Å². The van der Waals surface area contributed by atoms with E-state index in [9.17, 15) is 24.3 Å². The molecule has 1 heterocycles. The summed E-state index contributed by atoms with van der Waals surface area (Å²) >= 11 is 11.9. The zero-order valence-corrected chi connectivity index (χ0v) is 23.6. The van der Waals surface area contributed by atoms with Gasteiger partial charge in [-0.3, -0.25) is 24.1 Å². The van der Waals surface area contributed by atoms with Crippen LogP contribution in [-0.2, 0) is 19.2 Å². The van der Waals surface area contributed by atoms with Crippen LogP contribution in [0.1, 0.15) is 24.3 Å². The molecule has 0 saturated carbocycles. The van der Waals surface area contributed by atoms with Crippen molar-refractivity contribution in [2.45, 2.75) is 18.8 Å². The number of halogens is 3. The summed E-state index contributed by atoms with van der Waals surface area (Å²) < 4.78 is 1.15. The standard InChI is InChI=1S/C28H18BrClINO5/c29-20-11-22(34)25-19(26(20)35)10-18-15(23(25)16-6-5-14(33)9-21(16)30)7-8-17-24(18)28(37)32(27(17)36)13-3-1-12(31)2-4-13/h1-7,9,11,17-18,23-24,33H,8,10H2. The van der Waals surface area contributed by atoms with E-state index in [4.69, 9.17) is 11.6 Å². The van der Waals surface area contributed by atoms with E-state index in [2.05, 4.69) is 38.5 Å². The second kappa shape index (κ2) is 9.03. The molecule has 1 saturated heterocycles. The topological polar surface area (TPSA) is 91.8 Å². The molecule has 3 aliphatic carbocycles. The van der Waals surface area contributed by atoms with Crippen LogP contribution in [0.2, 0.25) is 5.02 Å². The number of phenols is 1. The number of phenolic OH excluding ortho intramolecular Hbond substituents is 1. The van der Waals surface area contributed by atoms with Gasteiger partial charge in [-0.1, -0.05) is 29.3 Å². The number of anilines is 1. The van der Waals surface area contributed by atoms with E-state index in [1.807, 2.05) is 18.2 Å². The summed E-state index contributed by atoms with van der Waals surface area (Å²) in [6.45, 7) is 0. The smallest absolute Gasteiger partial charge is 0.238 e. The number of nitrogens with zero attached hydrogens (tertiary/aromatic N) is 1. The lowest BCUT2D eigenvalue weighted by molar-refractivity contribution is -0.123. The van der Waals surface area contributed by atoms with E-state index in [0.717, 1.165) is 9.14 Å². The van der Waals surface area contributed by atoms with E-state index in [1.165, 1.54) is 23.1 Å². The molecule has 1 aliphatic heterocycles. The molecule has 6 nitrogen and oxygen atoms in total. The third-order valence-electron chi connectivity index (χ3n) is 7.71. The van der Waals surface area contributed by atoms with Gasteiger partial charge in [-0.15, -0.1) is 0 Å². The van der Waals surface area contributed by atoms with Crippen LogP contribution in [0.4, 0.5) is 5.69 Å². The number of rotatable bonds is 2. The SMILES string of the molecule is O=C1C=C(Br)C(=O)C2=C1C(c1ccc(O)cc1Cl)C1=CCC3C(=O)N(c4ccc(I)cc4)C(=O)C3C1C2. The normalized spacial score (nSPS) is 27.1. The summed E-state index contributed by atoms with van der Waals surface area (Å²) in [4.78, 5) is 55.1. The molecule has 2 aromatic carbocycles. The minimum absolute atomic E-state index is 0.0218. The maximum atomic E-state index is 13.8. The van der Waals surface area contributed by atoms with Crippen molar-refractivity contribution in [3.8, 4) is 5.75 Å². The van der Waals surface area contributed by atoms with Gasteiger partial charge in [0.1, 0.15) is 5.75 Å². The van der Waals surface area contributed by atoms with E-state index in [1.54, 1.807) is 18.2 Å². The summed E-state index contributed by atoms with van der Waals surface area (Å²) in [6.07, 6.45) is 3.75. The van der Waals surface area contributed by atoms with Gasteiger partial charge in [-0.05, 0) is 99.2 Å². The fourth-order valence-electron chi connectivity index (χ4n) is 6.16. The molecule has 4 aliphatic rings. The van der Waals surface area contributed by atoms with E-state index in [0.29, 0.717) is 28.8 Å². The zero-order valence-electron chi connectivity index (χ0n) is 19.1. The number of aromatic hydroxyl groups is 1. The summed E-state index contributed by atoms with van der Waals surface area (Å²) in [5.74, 6) is -3.49. The molecule has 1 N–H and O–H groups in total. The molecule has 6 rings (SSSR count). The highest BCUT2D eigenvalue weighted by Crippen LogP contribution is 2.56. The molecule has 37 heavy (non-hydrogen) atoms. The largest absolute Gasteiger partial charge is 0.508 e. The van der Waals surface area contributed by atoms with E-state index in [-0.39, 0.29) is 45.1 Å². The number of imide groups is 1. The maximum absolute atomic E-state index is 13.8. The van der Waals surface area contributed by atoms with E-state index >= 15 is 0 Å². The average molecular weight is 691 g/mol. The minimum atomic E-state index is -0.661. The van der Waals surface area contributed by atoms with Crippen LogP contribution >= 0.6 is 50.1 Å². The quantitative estimate of drug-likeness (QED) is 0.191. The Morgan fingerprint density at radius 2 is 1.73 bits per heavy atom. The van der Waals surface area contributed by atoms with Crippen molar-refractivity contribution in [1.29, 1.82) is 0 Å². The number of ketones is 2. The molecule has 0 spiro atoms. The number of carbonyl (C=O) groups is 4. The van der Waals surface area contributed by atoms with Gasteiger partial charge in [-0.2, -0.15) is 0 Å². The van der Waals surface area contributed by atoms with Crippen LogP contribution in [-0.4, -0.2) is 28.5 Å². The van der Waals surface area contributed by atoms with Crippen molar-refractivity contribution < 1.29 is 24.3 Å². The first-order chi connectivity index (χ1) is 17.7. The Labute approximate surface area is 239 Å². The van der Waals surface area contributed by atoms with Gasteiger partial charge in [0, 0.05) is 31.7 Å². The Morgan fingerprint density at radius 3 is 2.43 bits per heavy atom. The number of fused-ring (bicyclic) bond motifs is 3. The summed E-state index contributed by atoms with van der Waals surface area (Å²) in [5, 5.41) is 10.2. The molecule has 0 bridgehead atoms. The molecule has 186 valence electrons. The third kappa shape index (κ3) is 3.79. The summed E-state index contributed by atoms with van der Waals surface area (Å²) in [6, 6.07) is 11.7. The number of allylic oxidation sites excluding steroid dienone is 6. The number of benzene rings is 2. The van der Waals surface area contributed by atoms with Crippen LogP contribution in [0, 0.1) is 21.3 Å². The van der Waals surface area contributed by atoms with Gasteiger partial charge in [0.2, 0.25) is 11.8 Å². The Kier molecular flexibility index (Phi) is 6.04. The second-order valence-electron chi connectivity index (χ2n) is 9.59. The van der Waals surface area contributed by atoms with Gasteiger partial charge in [-0.25, -0.2) is 0 Å². The lowest BCUT2D eigenvalue weighted by Gasteiger charge is -2.42. The van der Waals surface area contributed by atoms with Crippen LogP contribution in [0.3, 0.4) is 0 Å². The van der Waals surface area contributed by atoms with Crippen molar-refractivity contribution in [2.75, 3.05) is 4.90 Å². The van der Waals surface area contributed by atoms with Crippen LogP contribution in [0.15, 0.2) is 75.8 Å². The Bertz CT molecular complexity index is 1530. The highest BCUT2D eigenvalue weighted by Gasteiger charge is 2.56. The predicted octanol–water partition coefficient (Wildman–Crippen LogP) is 5.62. The van der Waals surface area contributed by atoms with Gasteiger partial charge in [0.05, 0.1) is 22.0 Å². The number of hydrogen-bond donors (Lipinski definition) is 1. The predicted molar refractivity (Wildman–Crippen MR) is 149 cm³/mol. The van der Waals surface area contributed by atoms with Crippen LogP contribution in [0.5, 0.6) is 5.75 Å². The fraction of sp³-hybridized carbons (Fsp3) is 0.214. The third-order valence-corrected chi connectivity index (χ3v) is 9.35. The van der Waals surface area contributed by atoms with Gasteiger partial charge in [0.15, 0.2) is 11.6 Å². The first kappa shape index (κ1) is 24.8. The molecule has 2 amide bonds. The molecular formula is C28H18BrClINO5. The summed E-state index contributed by atoms with van der Waals surface area (Å²) in [7, 11) is 0. The van der Waals surface area contributed by atoms with Gasteiger partial charge in [0.25, 0.3) is 0 Å². The molecule has 4 unspecified atom stereocenters. The number of Topliss-reactive ketones (excluding diaryl/α,β-unsaturated/α-hetero) is 1. The lowest BCUT2D eigenvalue weighted by atomic mass is 9.59. The highest BCUT2D eigenvalue weighted by atomic mass is 127. The molecule has 0 radical (unpaired) electrons. The number of hydrogen-bond acceptors (Lipinski definition) is 5. The average Bonchev–Trinajstić information content (AvgIpc) is 3.12. The van der Waals surface area contributed by atoms with Crippen LogP contribution < -0.4 is 4.90 Å². The van der Waals surface area contributed by atoms with Crippen molar-refractivity contribution >= 4 is 79.2 Å². The summed E-state index contributed by atoms with van der Waals surface area (Å²) in [5.41, 5.74) is 2.58. The van der Waals surface area contributed by atoms with Crippen molar-refractivity contribution in [3.63, 3.8) is 0 Å². The second-order valence-corrected chi connectivity index (χ2v) is 12.1. The molecule has 0 aromatic heterocycles.